The van der Waals surface area contributed by atoms with Crippen molar-refractivity contribution in [3.8, 4) is 0 Å². The number of nitrogens with one attached hydrogen (secondary N) is 3. The van der Waals surface area contributed by atoms with Gasteiger partial charge in [-0.05, 0) is 36.6 Å². The standard InChI is InChI=1S/C18H20ClN3O/c1-12(13-6-3-2-4-7-13)20-18(23)17-11-16(21-22-17)14-8-5-9-15(19)10-14/h2-10,12,16-17,21-22H,11H2,1H3,(H,20,23). The van der Waals surface area contributed by atoms with Crippen LogP contribution < -0.4 is 16.2 Å². The van der Waals surface area contributed by atoms with Crippen molar-refractivity contribution < 1.29 is 4.79 Å². The lowest BCUT2D eigenvalue weighted by atomic mass is 10.0. The highest BCUT2D eigenvalue weighted by Gasteiger charge is 2.30. The second kappa shape index (κ2) is 7.13. The molecular formula is C18H20ClN3O. The average molecular weight is 330 g/mol. The summed E-state index contributed by atoms with van der Waals surface area (Å²) in [5, 5.41) is 3.76. The van der Waals surface area contributed by atoms with Gasteiger partial charge in [0.25, 0.3) is 0 Å². The van der Waals surface area contributed by atoms with Crippen molar-refractivity contribution in [1.82, 2.24) is 16.2 Å². The third-order valence-electron chi connectivity index (χ3n) is 4.13. The molecule has 1 fully saturated rings. The Balaban J connectivity index is 1.59. The second-order valence-corrected chi connectivity index (χ2v) is 6.26. The highest BCUT2D eigenvalue weighted by Crippen LogP contribution is 2.25. The molecule has 0 aliphatic carbocycles. The van der Waals surface area contributed by atoms with Crippen molar-refractivity contribution in [2.45, 2.75) is 31.5 Å². The number of carbonyl (C=O) groups excluding carboxylic acids is 1. The summed E-state index contributed by atoms with van der Waals surface area (Å²) < 4.78 is 0. The molecule has 1 heterocycles. The number of rotatable bonds is 4. The molecule has 4 nitrogen and oxygen atoms in total. The topological polar surface area (TPSA) is 53.2 Å². The van der Waals surface area contributed by atoms with Gasteiger partial charge in [-0.2, -0.15) is 0 Å². The minimum atomic E-state index is -0.259. The molecule has 120 valence electrons. The predicted octanol–water partition coefficient (Wildman–Crippen LogP) is 3.13. The minimum absolute atomic E-state index is 0.00150. The zero-order valence-corrected chi connectivity index (χ0v) is 13.7. The Labute approximate surface area is 141 Å². The lowest BCUT2D eigenvalue weighted by Gasteiger charge is -2.17. The molecule has 0 radical (unpaired) electrons. The van der Waals surface area contributed by atoms with Crippen molar-refractivity contribution in [2.24, 2.45) is 0 Å². The normalized spacial score (nSPS) is 21.8. The number of amides is 1. The number of benzene rings is 2. The smallest absolute Gasteiger partial charge is 0.239 e. The molecule has 0 saturated carbocycles. The van der Waals surface area contributed by atoms with Gasteiger partial charge in [-0.25, -0.2) is 10.9 Å². The fraction of sp³-hybridized carbons (Fsp3) is 0.278. The molecule has 3 rings (SSSR count). The van der Waals surface area contributed by atoms with Crippen molar-refractivity contribution in [3.05, 3.63) is 70.7 Å². The van der Waals surface area contributed by atoms with E-state index in [9.17, 15) is 4.79 Å². The molecule has 5 heteroatoms. The van der Waals surface area contributed by atoms with Crippen molar-refractivity contribution in [1.29, 1.82) is 0 Å². The highest BCUT2D eigenvalue weighted by atomic mass is 35.5. The molecule has 2 aromatic carbocycles. The number of hydrazine groups is 1. The molecule has 2 aromatic rings. The summed E-state index contributed by atoms with van der Waals surface area (Å²) in [5.74, 6) is -0.00150. The van der Waals surface area contributed by atoms with Crippen LogP contribution >= 0.6 is 11.6 Å². The van der Waals surface area contributed by atoms with E-state index in [1.807, 2.05) is 61.5 Å². The molecule has 3 atom stereocenters. The van der Waals surface area contributed by atoms with Gasteiger partial charge in [-0.3, -0.25) is 4.79 Å². The van der Waals surface area contributed by atoms with Crippen LogP contribution in [0.15, 0.2) is 54.6 Å². The van der Waals surface area contributed by atoms with E-state index in [2.05, 4.69) is 16.2 Å². The summed E-state index contributed by atoms with van der Waals surface area (Å²) in [4.78, 5) is 12.4. The van der Waals surface area contributed by atoms with Crippen LogP contribution in [0.4, 0.5) is 0 Å². The Morgan fingerprint density at radius 3 is 2.70 bits per heavy atom. The molecule has 0 bridgehead atoms. The van der Waals surface area contributed by atoms with Crippen LogP contribution in [0.2, 0.25) is 5.02 Å². The van der Waals surface area contributed by atoms with Crippen LogP contribution in [0, 0.1) is 0 Å². The van der Waals surface area contributed by atoms with Crippen LogP contribution in [-0.2, 0) is 4.79 Å². The van der Waals surface area contributed by atoms with Crippen molar-refractivity contribution in [3.63, 3.8) is 0 Å². The predicted molar refractivity (Wildman–Crippen MR) is 91.9 cm³/mol. The summed E-state index contributed by atoms with van der Waals surface area (Å²) in [6.45, 7) is 1.99. The monoisotopic (exact) mass is 329 g/mol. The molecule has 1 aliphatic heterocycles. The van der Waals surface area contributed by atoms with E-state index >= 15 is 0 Å². The molecule has 3 N–H and O–H groups in total. The van der Waals surface area contributed by atoms with E-state index in [-0.39, 0.29) is 24.0 Å². The molecule has 1 aliphatic rings. The van der Waals surface area contributed by atoms with Gasteiger partial charge in [0.1, 0.15) is 6.04 Å². The quantitative estimate of drug-likeness (QED) is 0.808. The second-order valence-electron chi connectivity index (χ2n) is 5.83. The van der Waals surface area contributed by atoms with Crippen LogP contribution in [0.25, 0.3) is 0 Å². The first-order chi connectivity index (χ1) is 11.1. The zero-order chi connectivity index (χ0) is 16.2. The lowest BCUT2D eigenvalue weighted by molar-refractivity contribution is -0.123. The molecule has 0 spiro atoms. The van der Waals surface area contributed by atoms with E-state index in [0.29, 0.717) is 11.4 Å². The fourth-order valence-electron chi connectivity index (χ4n) is 2.81. The number of carbonyl (C=O) groups is 1. The molecule has 0 aromatic heterocycles. The molecule has 3 unspecified atom stereocenters. The summed E-state index contributed by atoms with van der Waals surface area (Å²) in [6.07, 6.45) is 0.688. The van der Waals surface area contributed by atoms with Gasteiger partial charge in [0, 0.05) is 11.1 Å². The maximum absolute atomic E-state index is 12.4. The van der Waals surface area contributed by atoms with Crippen LogP contribution in [0.5, 0.6) is 0 Å². The number of halogens is 1. The zero-order valence-electron chi connectivity index (χ0n) is 12.9. The van der Waals surface area contributed by atoms with E-state index in [1.54, 1.807) is 0 Å². The van der Waals surface area contributed by atoms with Gasteiger partial charge in [-0.1, -0.05) is 54.1 Å². The average Bonchev–Trinajstić information content (AvgIpc) is 3.06. The maximum Gasteiger partial charge on any atom is 0.239 e. The third kappa shape index (κ3) is 3.91. The van der Waals surface area contributed by atoms with Gasteiger partial charge in [0.05, 0.1) is 6.04 Å². The Hall–Kier alpha value is -1.88. The Morgan fingerprint density at radius 1 is 1.17 bits per heavy atom. The van der Waals surface area contributed by atoms with Gasteiger partial charge in [0.2, 0.25) is 5.91 Å². The van der Waals surface area contributed by atoms with Gasteiger partial charge in [0.15, 0.2) is 0 Å². The highest BCUT2D eigenvalue weighted by molar-refractivity contribution is 6.30. The third-order valence-corrected chi connectivity index (χ3v) is 4.36. The van der Waals surface area contributed by atoms with Gasteiger partial charge >= 0.3 is 0 Å². The summed E-state index contributed by atoms with van der Waals surface area (Å²) in [5.41, 5.74) is 8.43. The first kappa shape index (κ1) is 16.0. The van der Waals surface area contributed by atoms with E-state index in [1.165, 1.54) is 0 Å². The lowest BCUT2D eigenvalue weighted by Crippen LogP contribution is -2.43. The largest absolute Gasteiger partial charge is 0.348 e. The van der Waals surface area contributed by atoms with Crippen LogP contribution in [0.3, 0.4) is 0 Å². The first-order valence-electron chi connectivity index (χ1n) is 7.75. The van der Waals surface area contributed by atoms with Crippen LogP contribution in [-0.4, -0.2) is 11.9 Å². The number of hydrogen-bond donors (Lipinski definition) is 3. The molecule has 1 saturated heterocycles. The Kier molecular flexibility index (Phi) is 4.96. The van der Waals surface area contributed by atoms with Gasteiger partial charge < -0.3 is 5.32 Å². The van der Waals surface area contributed by atoms with Gasteiger partial charge in [-0.15, -0.1) is 0 Å². The minimum Gasteiger partial charge on any atom is -0.348 e. The number of hydrogen-bond acceptors (Lipinski definition) is 3. The maximum atomic E-state index is 12.4. The summed E-state index contributed by atoms with van der Waals surface area (Å²) >= 11 is 6.03. The van der Waals surface area contributed by atoms with Crippen LogP contribution in [0.1, 0.15) is 36.6 Å². The van der Waals surface area contributed by atoms with E-state index in [4.69, 9.17) is 11.6 Å². The SMILES string of the molecule is CC(NC(=O)C1CC(c2cccc(Cl)c2)NN1)c1ccccc1. The summed E-state index contributed by atoms with van der Waals surface area (Å²) in [7, 11) is 0. The Morgan fingerprint density at radius 2 is 1.96 bits per heavy atom. The molecule has 1 amide bonds. The fourth-order valence-corrected chi connectivity index (χ4v) is 3.01. The van der Waals surface area contributed by atoms with E-state index in [0.717, 1.165) is 11.1 Å². The summed E-state index contributed by atoms with van der Waals surface area (Å²) in [6, 6.07) is 17.5. The van der Waals surface area contributed by atoms with Crippen molar-refractivity contribution >= 4 is 17.5 Å². The van der Waals surface area contributed by atoms with E-state index < -0.39 is 0 Å². The van der Waals surface area contributed by atoms with Crippen molar-refractivity contribution in [2.75, 3.05) is 0 Å². The molecule has 23 heavy (non-hydrogen) atoms. The first-order valence-corrected chi connectivity index (χ1v) is 8.13. The molecular weight excluding hydrogens is 310 g/mol. The Bertz CT molecular complexity index is 677.